The highest BCUT2D eigenvalue weighted by Crippen LogP contribution is 2.25. The van der Waals surface area contributed by atoms with Crippen LogP contribution in [0.2, 0.25) is 0 Å². The van der Waals surface area contributed by atoms with Crippen molar-refractivity contribution in [3.63, 3.8) is 0 Å². The summed E-state index contributed by atoms with van der Waals surface area (Å²) < 4.78 is 9.94. The molecule has 18 nitrogen and oxygen atoms in total. The van der Waals surface area contributed by atoms with Gasteiger partial charge in [0.25, 0.3) is 0 Å². The molecule has 0 atom stereocenters. The third-order valence-electron chi connectivity index (χ3n) is 29.4. The van der Waals surface area contributed by atoms with E-state index in [1.807, 2.05) is 0 Å². The van der Waals surface area contributed by atoms with Crippen molar-refractivity contribution < 1.29 is 86.1 Å². The number of carboxylic acid groups (broad SMARTS) is 4. The fourth-order valence-corrected chi connectivity index (χ4v) is 19.3. The van der Waals surface area contributed by atoms with E-state index in [9.17, 15) is 39.6 Å². The summed E-state index contributed by atoms with van der Waals surface area (Å²) in [5, 5.41) is 63.2. The summed E-state index contributed by atoms with van der Waals surface area (Å²) in [6.45, 7) is 112. The molecule has 0 unspecified atom stereocenters. The predicted molar refractivity (Wildman–Crippen MR) is 641 cm³/mol. The number of carbonyl (C=O) groups is 4. The number of aliphatic carboxylic acids is 4. The van der Waals surface area contributed by atoms with Crippen LogP contribution in [0.3, 0.4) is 0 Å². The normalized spacial score (nSPS) is 11.2. The number of quaternary nitrogens is 7. The van der Waals surface area contributed by atoms with Crippen LogP contribution in [0.1, 0.15) is 632 Å². The van der Waals surface area contributed by atoms with Crippen LogP contribution in [-0.2, 0) is 19.2 Å². The third-order valence-corrected chi connectivity index (χ3v) is 29.4. The molecular formula is C128H280BN7O11. The van der Waals surface area contributed by atoms with Crippen molar-refractivity contribution in [2.24, 2.45) is 0 Å². The summed E-state index contributed by atoms with van der Waals surface area (Å²) >= 11 is 0. The van der Waals surface area contributed by atoms with E-state index in [0.29, 0.717) is 25.7 Å². The molecule has 0 bridgehead atoms. The lowest BCUT2D eigenvalue weighted by Gasteiger charge is -2.39. The Morgan fingerprint density at radius 3 is 0.190 bits per heavy atom. The maximum atomic E-state index is 9.49. The van der Waals surface area contributed by atoms with Gasteiger partial charge in [-0.3, -0.25) is 7.32 Å². The maximum Gasteiger partial charge on any atom is 0.0786 e. The van der Waals surface area contributed by atoms with Gasteiger partial charge >= 0.3 is 0 Å². The van der Waals surface area contributed by atoms with Crippen LogP contribution in [0, 0.1) is 0 Å². The van der Waals surface area contributed by atoms with E-state index in [1.165, 1.54) is 574 Å². The summed E-state index contributed by atoms with van der Waals surface area (Å²) in [4.78, 5) is 38.0. The number of nitrogens with zero attached hydrogens (tertiary/aromatic N) is 7. The van der Waals surface area contributed by atoms with E-state index in [-0.39, 0.29) is 25.7 Å². The lowest BCUT2D eigenvalue weighted by molar-refractivity contribution is -0.929. The van der Waals surface area contributed by atoms with Crippen LogP contribution in [-0.4, -0.2) is 246 Å². The quantitative estimate of drug-likeness (QED) is 0.0411. The Balaban J connectivity index is -0.000000138. The van der Waals surface area contributed by atoms with Crippen LogP contribution >= 0.6 is 0 Å². The maximum absolute atomic E-state index is 9.49. The highest BCUT2D eigenvalue weighted by atomic mass is 16.5. The lowest BCUT2D eigenvalue weighted by atomic mass is 10.1. The number of carboxylic acids is 4. The molecule has 0 aliphatic heterocycles. The van der Waals surface area contributed by atoms with Gasteiger partial charge in [0, 0.05) is 23.9 Å². The van der Waals surface area contributed by atoms with E-state index in [2.05, 4.69) is 194 Å². The van der Waals surface area contributed by atoms with E-state index in [1.54, 1.807) is 27.7 Å². The van der Waals surface area contributed by atoms with Crippen molar-refractivity contribution in [1.82, 2.24) is 0 Å². The van der Waals surface area contributed by atoms with Gasteiger partial charge in [0.1, 0.15) is 0 Å². The fraction of sp³-hybridized carbons (Fsp3) is 0.969. The second-order valence-electron chi connectivity index (χ2n) is 44.3. The topological polar surface area (TPSA) is 230 Å². The van der Waals surface area contributed by atoms with E-state index >= 15 is 0 Å². The van der Waals surface area contributed by atoms with E-state index in [0.717, 1.165) is 0 Å². The first kappa shape index (κ1) is 170. The molecule has 0 rings (SSSR count). The molecule has 0 saturated carbocycles. The minimum atomic E-state index is -2.92. The van der Waals surface area contributed by atoms with Gasteiger partial charge in [0.2, 0.25) is 0 Å². The van der Waals surface area contributed by atoms with Crippen LogP contribution in [0.15, 0.2) is 0 Å². The lowest BCUT2D eigenvalue weighted by Crippen LogP contribution is -2.56. The number of unbranched alkanes of at least 4 members (excludes halogenated alkanes) is 28. The van der Waals surface area contributed by atoms with Gasteiger partial charge in [-0.15, -0.1) is 0 Å². The summed E-state index contributed by atoms with van der Waals surface area (Å²) in [6, 6.07) is 0. The van der Waals surface area contributed by atoms with Gasteiger partial charge in [-0.1, -0.05) is 427 Å². The molecule has 0 amide bonds. The molecule has 0 heterocycles. The van der Waals surface area contributed by atoms with Gasteiger partial charge < -0.3 is 86.1 Å². The molecule has 0 saturated heterocycles. The predicted octanol–water partition coefficient (Wildman–Crippen LogP) is 29.2. The number of hydrogen-bond donors (Lipinski definition) is 0. The minimum Gasteiger partial charge on any atom is -0.907 e. The molecule has 0 aliphatic carbocycles. The number of rotatable bonds is 92. The molecule has 0 aliphatic rings. The second kappa shape index (κ2) is 136. The zero-order valence-electron chi connectivity index (χ0n) is 107. The molecule has 0 aromatic heterocycles. The first-order chi connectivity index (χ1) is 70.5. The number of hydrogen-bond acceptors (Lipinski definition) is 11. The second-order valence-corrected chi connectivity index (χ2v) is 44.3. The Labute approximate surface area is 927 Å². The van der Waals surface area contributed by atoms with Crippen LogP contribution in [0.25, 0.3) is 0 Å². The summed E-state index contributed by atoms with van der Waals surface area (Å²) in [5.74, 6) is -3.84. The van der Waals surface area contributed by atoms with Gasteiger partial charge in [-0.25, -0.2) is 0 Å². The average molecular weight is 2100 g/mol. The molecule has 0 aromatic rings. The smallest absolute Gasteiger partial charge is 0.0786 e. The molecule has 147 heavy (non-hydrogen) atoms. The zero-order chi connectivity index (χ0) is 114. The highest BCUT2D eigenvalue weighted by Gasteiger charge is 2.32. The molecular weight excluding hydrogens is 1820 g/mol. The van der Waals surface area contributed by atoms with Gasteiger partial charge in [-0.05, 0) is 205 Å². The van der Waals surface area contributed by atoms with Crippen LogP contribution < -0.4 is 35.5 Å². The van der Waals surface area contributed by atoms with Gasteiger partial charge in [0.15, 0.2) is 0 Å². The summed E-state index contributed by atoms with van der Waals surface area (Å²) in [5.41, 5.74) is 0. The Kier molecular flexibility index (Phi) is 157. The molecule has 0 spiro atoms. The largest absolute Gasteiger partial charge is 0.907 e. The number of carbonyl (C=O) groups excluding carboxylic acids is 4. The zero-order valence-corrected chi connectivity index (χ0v) is 107. The van der Waals surface area contributed by atoms with Crippen molar-refractivity contribution in [3.05, 3.63) is 0 Å². The molecule has 0 radical (unpaired) electrons. The molecule has 0 aromatic carbocycles. The minimum absolute atomic E-state index is 0.181. The van der Waals surface area contributed by atoms with Crippen molar-refractivity contribution in [1.29, 1.82) is 0 Å². The van der Waals surface area contributed by atoms with Crippen molar-refractivity contribution in [2.45, 2.75) is 632 Å². The molecule has 0 fully saturated rings. The van der Waals surface area contributed by atoms with Gasteiger partial charge in [-0.2, -0.15) is 0 Å². The van der Waals surface area contributed by atoms with E-state index in [4.69, 9.17) is 15.1 Å². The summed E-state index contributed by atoms with van der Waals surface area (Å²) in [6.07, 6.45) is 80.8. The van der Waals surface area contributed by atoms with Crippen molar-refractivity contribution >= 4 is 31.2 Å². The average Bonchev–Trinajstić information content (AvgIpc) is 0.911. The SMILES string of the molecule is CCCC(=O)[O-].CCCC(=O)[O-].CCCC(=O)[O-].CCCC(=O)[O-].CCCC[N+](CCCC)(CCCC)CCCC.CCCC[N+](CCCC)(CCCC)CCCC.CCCC[N+](CCCC)(CCCC)CCCC.CCCC[N+](CCCC)(CCCC)CCCC.CCCC[N+](CCCC)(CCCC)CCCC.CCCC[N+](CCCC)(CCCC)CCCC.CCCC[N+](CCCC)(CCCC)CCCC.[O-]B([O-])[O-]. The Hall–Kier alpha value is -2.46. The summed E-state index contributed by atoms with van der Waals surface area (Å²) in [7, 11) is -2.92. The van der Waals surface area contributed by atoms with Crippen LogP contribution in [0.4, 0.5) is 0 Å². The molecule has 896 valence electrons. The highest BCUT2D eigenvalue weighted by molar-refractivity contribution is 6.24. The fourth-order valence-electron chi connectivity index (χ4n) is 19.3. The van der Waals surface area contributed by atoms with E-state index < -0.39 is 31.2 Å². The first-order valence-electron chi connectivity index (χ1n) is 65.2. The third kappa shape index (κ3) is 129. The Morgan fingerprint density at radius 1 is 0.122 bits per heavy atom. The van der Waals surface area contributed by atoms with Crippen molar-refractivity contribution in [3.8, 4) is 0 Å². The van der Waals surface area contributed by atoms with Crippen molar-refractivity contribution in [2.75, 3.05) is 183 Å². The first-order valence-corrected chi connectivity index (χ1v) is 65.2. The molecule has 19 heteroatoms. The standard InChI is InChI=1S/7C16H36N.4C4H8O2.BO3/c7*1-5-9-13-17(14-10-6-2,15-11-7-3)16-12-8-4;4*1-2-3-4(5)6;2-1(3)4/h7*5-16H2,1-4H3;4*2-3H2,1H3,(H,5,6);/q7*+1;;;;;-3/p-4. The Bertz CT molecular complexity index is 1750. The Morgan fingerprint density at radius 2 is 0.170 bits per heavy atom. The molecule has 0 N–H and O–H groups in total. The van der Waals surface area contributed by atoms with Crippen LogP contribution in [0.5, 0.6) is 0 Å². The monoisotopic (exact) mass is 2100 g/mol. The van der Waals surface area contributed by atoms with Gasteiger partial charge in [0.05, 0.1) is 183 Å².